The van der Waals surface area contributed by atoms with E-state index in [0.29, 0.717) is 10.0 Å². The fourth-order valence-corrected chi connectivity index (χ4v) is 7.78. The largest absolute Gasteiger partial charge is 0.318 e. The molecule has 0 bridgehead atoms. The second-order valence-electron chi connectivity index (χ2n) is 3.79. The molecule has 0 saturated carbocycles. The van der Waals surface area contributed by atoms with E-state index in [2.05, 4.69) is 0 Å². The summed E-state index contributed by atoms with van der Waals surface area (Å²) >= 11 is 11.4. The van der Waals surface area contributed by atoms with Gasteiger partial charge in [0.15, 0.2) is 19.7 Å². The first-order valence-electron chi connectivity index (χ1n) is 5.43. The second kappa shape index (κ2) is 6.58. The predicted molar refractivity (Wildman–Crippen MR) is 84.6 cm³/mol. The van der Waals surface area contributed by atoms with Gasteiger partial charge < -0.3 is 0 Å². The zero-order valence-electron chi connectivity index (χ0n) is 10.2. The molecule has 0 aromatic heterocycles. The zero-order chi connectivity index (χ0) is 15.6. The standard InChI is InChI=1S/C12H8Cl2O4S3/c13-9-1-5-11(6-2-9)19(15)21(17,18)20(16)12-7-3-10(14)4-8-12/h1-8H. The van der Waals surface area contributed by atoms with Crippen LogP contribution in [0.1, 0.15) is 0 Å². The van der Waals surface area contributed by atoms with Crippen LogP contribution in [0.5, 0.6) is 0 Å². The van der Waals surface area contributed by atoms with Crippen molar-refractivity contribution in [1.29, 1.82) is 0 Å². The molecule has 2 atom stereocenters. The first-order valence-corrected chi connectivity index (χ1v) is 11.0. The van der Waals surface area contributed by atoms with Crippen LogP contribution in [0.25, 0.3) is 0 Å². The monoisotopic (exact) mass is 382 g/mol. The van der Waals surface area contributed by atoms with Crippen molar-refractivity contribution in [3.8, 4) is 0 Å². The summed E-state index contributed by atoms with van der Waals surface area (Å²) in [6, 6.07) is 10.9. The number of benzene rings is 2. The van der Waals surface area contributed by atoms with E-state index in [1.165, 1.54) is 48.5 Å². The molecular formula is C12H8Cl2O4S3. The third-order valence-corrected chi connectivity index (χ3v) is 10.5. The van der Waals surface area contributed by atoms with Crippen molar-refractivity contribution < 1.29 is 16.8 Å². The Balaban J connectivity index is 2.37. The number of rotatable bonds is 4. The molecule has 2 aromatic carbocycles. The van der Waals surface area contributed by atoms with Crippen molar-refractivity contribution in [3.05, 3.63) is 58.6 Å². The average molecular weight is 383 g/mol. The van der Waals surface area contributed by atoms with E-state index in [4.69, 9.17) is 23.2 Å². The van der Waals surface area contributed by atoms with Gasteiger partial charge in [0.05, 0.1) is 9.79 Å². The van der Waals surface area contributed by atoms with Gasteiger partial charge in [0.1, 0.15) is 0 Å². The highest BCUT2D eigenvalue weighted by Crippen LogP contribution is 2.23. The van der Waals surface area contributed by atoms with Gasteiger partial charge >= 0.3 is 7.90 Å². The first-order chi connectivity index (χ1) is 9.82. The van der Waals surface area contributed by atoms with Crippen LogP contribution in [0.3, 0.4) is 0 Å². The van der Waals surface area contributed by atoms with Crippen LogP contribution in [0.2, 0.25) is 10.0 Å². The molecule has 112 valence electrons. The predicted octanol–water partition coefficient (Wildman–Crippen LogP) is 3.15. The quantitative estimate of drug-likeness (QED) is 0.761. The van der Waals surface area contributed by atoms with Crippen LogP contribution >= 0.6 is 23.2 Å². The van der Waals surface area contributed by atoms with E-state index >= 15 is 0 Å². The Morgan fingerprint density at radius 1 is 0.667 bits per heavy atom. The molecule has 21 heavy (non-hydrogen) atoms. The van der Waals surface area contributed by atoms with E-state index < -0.39 is 27.6 Å². The maximum absolute atomic E-state index is 12.1. The fourth-order valence-electron chi connectivity index (χ4n) is 1.38. The molecule has 0 amide bonds. The minimum atomic E-state index is -4.41. The van der Waals surface area contributed by atoms with E-state index in [1.807, 2.05) is 0 Å². The molecule has 0 radical (unpaired) electrons. The van der Waals surface area contributed by atoms with Crippen LogP contribution < -0.4 is 0 Å². The molecule has 2 rings (SSSR count). The second-order valence-corrected chi connectivity index (χ2v) is 12.4. The fraction of sp³-hybridized carbons (Fsp3) is 0. The van der Waals surface area contributed by atoms with Crippen LogP contribution in [0, 0.1) is 0 Å². The third-order valence-electron chi connectivity index (χ3n) is 2.38. The minimum absolute atomic E-state index is 0.0155. The van der Waals surface area contributed by atoms with E-state index in [1.54, 1.807) is 0 Å². The van der Waals surface area contributed by atoms with Crippen molar-refractivity contribution in [2.24, 2.45) is 0 Å². The van der Waals surface area contributed by atoms with Crippen LogP contribution in [-0.2, 0) is 27.6 Å². The van der Waals surface area contributed by atoms with Gasteiger partial charge in [-0.05, 0) is 48.5 Å². The van der Waals surface area contributed by atoms with Crippen molar-refractivity contribution in [2.75, 3.05) is 0 Å². The molecule has 0 aliphatic rings. The van der Waals surface area contributed by atoms with Crippen LogP contribution in [0.15, 0.2) is 58.3 Å². The van der Waals surface area contributed by atoms with Gasteiger partial charge in [-0.2, -0.15) is 0 Å². The zero-order valence-corrected chi connectivity index (χ0v) is 14.2. The van der Waals surface area contributed by atoms with Gasteiger partial charge in [-0.15, -0.1) is 0 Å². The first kappa shape index (κ1) is 16.6. The maximum atomic E-state index is 12.1. The molecule has 0 heterocycles. The summed E-state index contributed by atoms with van der Waals surface area (Å²) in [5, 5.41) is 0.763. The summed E-state index contributed by atoms with van der Waals surface area (Å²) in [7, 11) is -9.33. The summed E-state index contributed by atoms with van der Waals surface area (Å²) in [5.74, 6) is 0. The molecule has 2 unspecified atom stereocenters. The smallest absolute Gasteiger partial charge is 0.237 e. The Kier molecular flexibility index (Phi) is 5.21. The summed E-state index contributed by atoms with van der Waals surface area (Å²) in [6.07, 6.45) is 0. The lowest BCUT2D eigenvalue weighted by Crippen LogP contribution is -2.14. The summed E-state index contributed by atoms with van der Waals surface area (Å²) in [4.78, 5) is 0.0310. The van der Waals surface area contributed by atoms with Crippen molar-refractivity contribution >= 4 is 50.8 Å². The SMILES string of the molecule is O=S(c1ccc(Cl)cc1)S(=O)(=O)S(=O)c1ccc(Cl)cc1. The number of hydrogen-bond donors (Lipinski definition) is 0. The van der Waals surface area contributed by atoms with Gasteiger partial charge in [0, 0.05) is 10.0 Å². The molecule has 4 nitrogen and oxygen atoms in total. The average Bonchev–Trinajstić information content (AvgIpc) is 2.47. The van der Waals surface area contributed by atoms with E-state index in [-0.39, 0.29) is 9.79 Å². The highest BCUT2D eigenvalue weighted by molar-refractivity contribution is 8.96. The number of hydrogen-bond acceptors (Lipinski definition) is 4. The van der Waals surface area contributed by atoms with Crippen molar-refractivity contribution in [3.63, 3.8) is 0 Å². The van der Waals surface area contributed by atoms with Crippen molar-refractivity contribution in [2.45, 2.75) is 9.79 Å². The summed E-state index contributed by atoms with van der Waals surface area (Å²) in [6.45, 7) is 0. The Bertz CT molecular complexity index is 736. The molecule has 0 fully saturated rings. The molecule has 9 heteroatoms. The molecule has 0 aliphatic heterocycles. The number of halogens is 2. The van der Waals surface area contributed by atoms with Gasteiger partial charge in [-0.3, -0.25) is 0 Å². The normalized spacial score (nSPS) is 14.6. The van der Waals surface area contributed by atoms with Gasteiger partial charge in [-0.1, -0.05) is 23.2 Å². The van der Waals surface area contributed by atoms with Crippen LogP contribution in [0.4, 0.5) is 0 Å². The van der Waals surface area contributed by atoms with Crippen molar-refractivity contribution in [1.82, 2.24) is 0 Å². The van der Waals surface area contributed by atoms with Crippen LogP contribution in [-0.4, -0.2) is 16.8 Å². The summed E-state index contributed by atoms with van der Waals surface area (Å²) < 4.78 is 48.5. The Hall–Kier alpha value is -0.730. The van der Waals surface area contributed by atoms with Gasteiger partial charge in [0.25, 0.3) is 0 Å². The molecular weight excluding hydrogens is 375 g/mol. The van der Waals surface area contributed by atoms with E-state index in [0.717, 1.165) is 0 Å². The topological polar surface area (TPSA) is 68.3 Å². The lowest BCUT2D eigenvalue weighted by molar-refractivity contribution is 0.613. The maximum Gasteiger partial charge on any atom is 0.318 e. The lowest BCUT2D eigenvalue weighted by Gasteiger charge is -2.05. The third kappa shape index (κ3) is 3.73. The molecule has 0 aliphatic carbocycles. The Labute approximate surface area is 135 Å². The molecule has 0 N–H and O–H groups in total. The molecule has 0 spiro atoms. The highest BCUT2D eigenvalue weighted by Gasteiger charge is 2.30. The Morgan fingerprint density at radius 2 is 0.952 bits per heavy atom. The Morgan fingerprint density at radius 3 is 1.24 bits per heavy atom. The van der Waals surface area contributed by atoms with E-state index in [9.17, 15) is 16.8 Å². The summed E-state index contributed by atoms with van der Waals surface area (Å²) in [5.41, 5.74) is 0. The lowest BCUT2D eigenvalue weighted by atomic mass is 10.4. The van der Waals surface area contributed by atoms with Gasteiger partial charge in [-0.25, -0.2) is 16.8 Å². The minimum Gasteiger partial charge on any atom is -0.237 e. The van der Waals surface area contributed by atoms with Gasteiger partial charge in [0.2, 0.25) is 0 Å². The molecule has 2 aromatic rings. The molecule has 0 saturated heterocycles. The highest BCUT2D eigenvalue weighted by atomic mass is 35.5.